The Labute approximate surface area is 193 Å². The average molecular weight is 454 g/mol. The van der Waals surface area contributed by atoms with Crippen molar-refractivity contribution in [2.45, 2.75) is 75.2 Å². The van der Waals surface area contributed by atoms with Crippen molar-refractivity contribution in [1.82, 2.24) is 25.4 Å². The van der Waals surface area contributed by atoms with E-state index in [-0.39, 0.29) is 17.5 Å². The summed E-state index contributed by atoms with van der Waals surface area (Å²) in [5, 5.41) is 14.4. The maximum absolute atomic E-state index is 12.8. The third-order valence-electron chi connectivity index (χ3n) is 7.39. The van der Waals surface area contributed by atoms with Crippen LogP contribution in [0.4, 0.5) is 4.79 Å². The lowest BCUT2D eigenvalue weighted by Crippen LogP contribution is -2.62. The van der Waals surface area contributed by atoms with E-state index in [2.05, 4.69) is 20.8 Å². The van der Waals surface area contributed by atoms with E-state index in [1.165, 1.54) is 36.6 Å². The normalized spacial score (nSPS) is 29.0. The van der Waals surface area contributed by atoms with Crippen molar-refractivity contribution in [2.75, 3.05) is 0 Å². The molecule has 2 N–H and O–H groups in total. The fourth-order valence-electron chi connectivity index (χ4n) is 6.37. The molecule has 32 heavy (non-hydrogen) atoms. The quantitative estimate of drug-likeness (QED) is 0.664. The highest BCUT2D eigenvalue weighted by atomic mass is 32.2. The molecule has 1 atom stereocenters. The van der Waals surface area contributed by atoms with Gasteiger partial charge in [0.1, 0.15) is 5.82 Å². The minimum Gasteiger partial charge on any atom is -0.332 e. The summed E-state index contributed by atoms with van der Waals surface area (Å²) < 4.78 is 1.93. The van der Waals surface area contributed by atoms with Crippen LogP contribution < -0.4 is 10.6 Å². The van der Waals surface area contributed by atoms with Gasteiger partial charge in [0.05, 0.1) is 5.25 Å². The van der Waals surface area contributed by atoms with E-state index in [0.29, 0.717) is 5.16 Å². The molecule has 0 saturated heterocycles. The number of hydrogen-bond donors (Lipinski definition) is 2. The van der Waals surface area contributed by atoms with Crippen LogP contribution in [0.3, 0.4) is 0 Å². The summed E-state index contributed by atoms with van der Waals surface area (Å²) in [7, 11) is 0. The number of aromatic nitrogens is 3. The highest BCUT2D eigenvalue weighted by Gasteiger charge is 2.51. The Morgan fingerprint density at radius 1 is 1.03 bits per heavy atom. The van der Waals surface area contributed by atoms with Crippen molar-refractivity contribution in [3.8, 4) is 5.69 Å². The fourth-order valence-corrected chi connectivity index (χ4v) is 7.28. The van der Waals surface area contributed by atoms with Crippen molar-refractivity contribution in [3.05, 3.63) is 35.7 Å². The number of amides is 3. The lowest BCUT2D eigenvalue weighted by molar-refractivity contribution is -0.119. The van der Waals surface area contributed by atoms with Crippen LogP contribution in [0.15, 0.2) is 29.4 Å². The number of nitrogens with zero attached hydrogens (tertiary/aromatic N) is 3. The first-order valence-electron chi connectivity index (χ1n) is 11.6. The molecule has 4 aliphatic rings. The molecule has 0 spiro atoms. The van der Waals surface area contributed by atoms with Gasteiger partial charge in [-0.2, -0.15) is 0 Å². The van der Waals surface area contributed by atoms with E-state index in [0.717, 1.165) is 48.5 Å². The minimum atomic E-state index is -0.482. The van der Waals surface area contributed by atoms with Crippen molar-refractivity contribution < 1.29 is 9.59 Å². The lowest BCUT2D eigenvalue weighted by atomic mass is 9.53. The summed E-state index contributed by atoms with van der Waals surface area (Å²) in [6.07, 6.45) is 7.13. The summed E-state index contributed by atoms with van der Waals surface area (Å²) in [5.74, 6) is 2.66. The molecule has 4 aliphatic carbocycles. The standard InChI is InChI=1S/C24H31N5O2S/c1-14-4-6-20(7-5-14)29-16(3)27-28-23(29)32-15(2)21(30)25-22(31)26-24-11-17-8-18(12-24)10-19(9-17)13-24/h4-7,15,17-19H,8-13H2,1-3H3,(H2,25,26,30,31). The van der Waals surface area contributed by atoms with Crippen LogP contribution in [0.5, 0.6) is 0 Å². The molecule has 170 valence electrons. The molecule has 3 amide bonds. The van der Waals surface area contributed by atoms with Crippen LogP contribution >= 0.6 is 11.8 Å². The van der Waals surface area contributed by atoms with Crippen LogP contribution in [-0.2, 0) is 4.79 Å². The van der Waals surface area contributed by atoms with Gasteiger partial charge in [0.15, 0.2) is 5.16 Å². The Bertz CT molecular complexity index is 996. The zero-order chi connectivity index (χ0) is 22.5. The Balaban J connectivity index is 1.22. The van der Waals surface area contributed by atoms with E-state index >= 15 is 0 Å². The third kappa shape index (κ3) is 4.17. The minimum absolute atomic E-state index is 0.113. The number of aryl methyl sites for hydroxylation is 2. The number of benzene rings is 1. The van der Waals surface area contributed by atoms with Gasteiger partial charge >= 0.3 is 6.03 Å². The van der Waals surface area contributed by atoms with E-state index < -0.39 is 5.25 Å². The second-order valence-electron chi connectivity index (χ2n) is 10.1. The number of carbonyl (C=O) groups is 2. The molecule has 1 aromatic carbocycles. The zero-order valence-electron chi connectivity index (χ0n) is 18.9. The Kier molecular flexibility index (Phi) is 5.51. The Morgan fingerprint density at radius 3 is 2.22 bits per heavy atom. The Morgan fingerprint density at radius 2 is 1.62 bits per heavy atom. The largest absolute Gasteiger partial charge is 0.332 e. The van der Waals surface area contributed by atoms with Gasteiger partial charge in [-0.1, -0.05) is 29.5 Å². The number of hydrogen-bond acceptors (Lipinski definition) is 5. The molecule has 8 heteroatoms. The monoisotopic (exact) mass is 453 g/mol. The van der Waals surface area contributed by atoms with E-state index in [1.807, 2.05) is 42.7 Å². The third-order valence-corrected chi connectivity index (χ3v) is 8.44. The first-order chi connectivity index (χ1) is 15.3. The van der Waals surface area contributed by atoms with Crippen LogP contribution in [0.25, 0.3) is 5.69 Å². The summed E-state index contributed by atoms with van der Waals surface area (Å²) in [4.78, 5) is 25.5. The first-order valence-corrected chi connectivity index (χ1v) is 12.5. The van der Waals surface area contributed by atoms with Gasteiger partial charge in [-0.05, 0) is 89.2 Å². The van der Waals surface area contributed by atoms with Gasteiger partial charge in [-0.25, -0.2) is 4.79 Å². The van der Waals surface area contributed by atoms with Gasteiger partial charge in [0.25, 0.3) is 0 Å². The van der Waals surface area contributed by atoms with Crippen LogP contribution in [-0.4, -0.2) is 37.5 Å². The van der Waals surface area contributed by atoms with Gasteiger partial charge in [-0.15, -0.1) is 10.2 Å². The van der Waals surface area contributed by atoms with Crippen molar-refractivity contribution >= 4 is 23.7 Å². The molecule has 0 radical (unpaired) electrons. The van der Waals surface area contributed by atoms with Gasteiger partial charge < -0.3 is 5.32 Å². The van der Waals surface area contributed by atoms with Crippen LogP contribution in [0.2, 0.25) is 0 Å². The molecule has 6 rings (SSSR count). The topological polar surface area (TPSA) is 88.9 Å². The van der Waals surface area contributed by atoms with Gasteiger partial charge in [0, 0.05) is 11.2 Å². The smallest absolute Gasteiger partial charge is 0.321 e. The second-order valence-corrected chi connectivity index (χ2v) is 11.4. The predicted molar refractivity (Wildman–Crippen MR) is 124 cm³/mol. The summed E-state index contributed by atoms with van der Waals surface area (Å²) in [6.45, 7) is 5.72. The van der Waals surface area contributed by atoms with Crippen molar-refractivity contribution in [3.63, 3.8) is 0 Å². The molecular weight excluding hydrogens is 422 g/mol. The maximum Gasteiger partial charge on any atom is 0.321 e. The number of nitrogens with one attached hydrogen (secondary N) is 2. The molecule has 2 aromatic rings. The highest BCUT2D eigenvalue weighted by Crippen LogP contribution is 2.55. The molecule has 1 aromatic heterocycles. The summed E-state index contributed by atoms with van der Waals surface area (Å²) in [6, 6.07) is 7.74. The van der Waals surface area contributed by atoms with Crippen LogP contribution in [0.1, 0.15) is 56.8 Å². The second kappa shape index (κ2) is 8.21. The van der Waals surface area contributed by atoms with E-state index in [1.54, 1.807) is 6.92 Å². The molecular formula is C24H31N5O2S. The van der Waals surface area contributed by atoms with E-state index in [4.69, 9.17) is 0 Å². The molecule has 0 aliphatic heterocycles. The molecule has 1 heterocycles. The molecule has 7 nitrogen and oxygen atoms in total. The summed E-state index contributed by atoms with van der Waals surface area (Å²) >= 11 is 1.31. The Hall–Kier alpha value is -2.35. The SMILES string of the molecule is Cc1ccc(-n2c(C)nnc2SC(C)C(=O)NC(=O)NC23CC4CC(CC(C4)C2)C3)cc1. The first kappa shape index (κ1) is 21.5. The molecule has 4 fully saturated rings. The highest BCUT2D eigenvalue weighted by molar-refractivity contribution is 8.00. The molecule has 4 saturated carbocycles. The number of urea groups is 1. The van der Waals surface area contributed by atoms with Crippen molar-refractivity contribution in [2.24, 2.45) is 17.8 Å². The molecule has 1 unspecified atom stereocenters. The zero-order valence-corrected chi connectivity index (χ0v) is 19.7. The van der Waals surface area contributed by atoms with Crippen LogP contribution in [0, 0.1) is 31.6 Å². The number of rotatable bonds is 5. The van der Waals surface area contributed by atoms with E-state index in [9.17, 15) is 9.59 Å². The fraction of sp³-hybridized carbons (Fsp3) is 0.583. The molecule has 4 bridgehead atoms. The summed E-state index contributed by atoms with van der Waals surface area (Å²) in [5.41, 5.74) is 2.01. The van der Waals surface area contributed by atoms with Gasteiger partial charge in [0.2, 0.25) is 5.91 Å². The number of thioether (sulfide) groups is 1. The number of carbonyl (C=O) groups excluding carboxylic acids is 2. The predicted octanol–water partition coefficient (Wildman–Crippen LogP) is 4.16. The lowest BCUT2D eigenvalue weighted by Gasteiger charge is -2.56. The maximum atomic E-state index is 12.8. The number of imide groups is 1. The average Bonchev–Trinajstić information content (AvgIpc) is 3.07. The van der Waals surface area contributed by atoms with Gasteiger partial charge in [-0.3, -0.25) is 14.7 Å². The van der Waals surface area contributed by atoms with Crippen molar-refractivity contribution in [1.29, 1.82) is 0 Å².